The number of ether oxygens (including phenoxy) is 1. The van der Waals surface area contributed by atoms with Gasteiger partial charge in [-0.05, 0) is 49.1 Å². The van der Waals surface area contributed by atoms with Gasteiger partial charge in [0.05, 0.1) is 7.11 Å². The highest BCUT2D eigenvalue weighted by Gasteiger charge is 2.15. The van der Waals surface area contributed by atoms with Gasteiger partial charge in [-0.15, -0.1) is 12.4 Å². The van der Waals surface area contributed by atoms with Crippen molar-refractivity contribution in [2.24, 2.45) is 5.73 Å². The summed E-state index contributed by atoms with van der Waals surface area (Å²) in [6.45, 7) is 3.86. The summed E-state index contributed by atoms with van der Waals surface area (Å²) >= 11 is 0. The maximum absolute atomic E-state index is 10.7. The van der Waals surface area contributed by atoms with Crippen molar-refractivity contribution in [3.8, 4) is 5.75 Å². The number of hydrogen-bond donors (Lipinski definition) is 2. The molecule has 0 bridgehead atoms. The van der Waals surface area contributed by atoms with E-state index in [9.17, 15) is 4.79 Å². The molecule has 0 saturated heterocycles. The van der Waals surface area contributed by atoms with Crippen LogP contribution in [-0.2, 0) is 11.2 Å². The van der Waals surface area contributed by atoms with Crippen LogP contribution in [0, 0.1) is 13.8 Å². The zero-order valence-electron chi connectivity index (χ0n) is 10.2. The molecule has 0 fully saturated rings. The molecule has 0 amide bonds. The highest BCUT2D eigenvalue weighted by atomic mass is 35.5. The van der Waals surface area contributed by atoms with Crippen LogP contribution < -0.4 is 10.5 Å². The lowest BCUT2D eigenvalue weighted by atomic mass is 9.96. The van der Waals surface area contributed by atoms with Crippen LogP contribution in [-0.4, -0.2) is 24.2 Å². The minimum atomic E-state index is -0.977. The van der Waals surface area contributed by atoms with Gasteiger partial charge in [0.15, 0.2) is 0 Å². The quantitative estimate of drug-likeness (QED) is 0.863. The predicted molar refractivity (Wildman–Crippen MR) is 69.0 cm³/mol. The molecule has 4 nitrogen and oxygen atoms in total. The molecule has 0 unspecified atom stereocenters. The number of carboxylic acid groups (broad SMARTS) is 1. The third-order valence-electron chi connectivity index (χ3n) is 2.65. The maximum atomic E-state index is 10.7. The van der Waals surface area contributed by atoms with Crippen LogP contribution in [0.3, 0.4) is 0 Å². The van der Waals surface area contributed by atoms with Gasteiger partial charge >= 0.3 is 5.97 Å². The highest BCUT2D eigenvalue weighted by molar-refractivity contribution is 5.85. The second kappa shape index (κ2) is 6.47. The van der Waals surface area contributed by atoms with E-state index < -0.39 is 12.0 Å². The smallest absolute Gasteiger partial charge is 0.320 e. The van der Waals surface area contributed by atoms with E-state index in [0.29, 0.717) is 6.42 Å². The summed E-state index contributed by atoms with van der Waals surface area (Å²) in [7, 11) is 1.61. The van der Waals surface area contributed by atoms with Crippen molar-refractivity contribution in [3.63, 3.8) is 0 Å². The van der Waals surface area contributed by atoms with Crippen LogP contribution in [0.25, 0.3) is 0 Å². The zero-order valence-corrected chi connectivity index (χ0v) is 11.0. The Bertz CT molecular complexity index is 384. The normalized spacial score (nSPS) is 11.5. The minimum Gasteiger partial charge on any atom is -0.497 e. The van der Waals surface area contributed by atoms with Gasteiger partial charge in [0.1, 0.15) is 11.8 Å². The second-order valence-corrected chi connectivity index (χ2v) is 3.89. The number of aryl methyl sites for hydroxylation is 2. The third kappa shape index (κ3) is 3.91. The Labute approximate surface area is 107 Å². The van der Waals surface area contributed by atoms with E-state index in [-0.39, 0.29) is 12.4 Å². The third-order valence-corrected chi connectivity index (χ3v) is 2.65. The van der Waals surface area contributed by atoms with Crippen molar-refractivity contribution in [1.82, 2.24) is 0 Å². The van der Waals surface area contributed by atoms with Gasteiger partial charge in [-0.1, -0.05) is 0 Å². The number of methoxy groups -OCH3 is 1. The number of rotatable bonds is 4. The molecule has 0 aliphatic carbocycles. The number of carbonyl (C=O) groups is 1. The van der Waals surface area contributed by atoms with Gasteiger partial charge in [-0.3, -0.25) is 4.79 Å². The molecule has 0 aliphatic heterocycles. The first-order valence-electron chi connectivity index (χ1n) is 5.08. The van der Waals surface area contributed by atoms with Crippen LogP contribution in [0.15, 0.2) is 12.1 Å². The molecule has 3 N–H and O–H groups in total. The summed E-state index contributed by atoms with van der Waals surface area (Å²) in [5.74, 6) is -0.197. The van der Waals surface area contributed by atoms with Gasteiger partial charge < -0.3 is 15.6 Å². The van der Waals surface area contributed by atoms with Gasteiger partial charge in [0, 0.05) is 0 Å². The first-order chi connectivity index (χ1) is 7.45. The molecule has 1 atom stereocenters. The molecule has 96 valence electrons. The Morgan fingerprint density at radius 1 is 1.41 bits per heavy atom. The number of aliphatic carboxylic acids is 1. The average molecular weight is 260 g/mol. The molecule has 0 spiro atoms. The molecule has 0 radical (unpaired) electrons. The summed E-state index contributed by atoms with van der Waals surface area (Å²) in [5, 5.41) is 8.78. The highest BCUT2D eigenvalue weighted by Crippen LogP contribution is 2.22. The van der Waals surface area contributed by atoms with Gasteiger partial charge in [-0.25, -0.2) is 0 Å². The lowest BCUT2D eigenvalue weighted by molar-refractivity contribution is -0.138. The molecule has 0 aliphatic rings. The Hall–Kier alpha value is -1.26. The van der Waals surface area contributed by atoms with Crippen LogP contribution in [0.1, 0.15) is 16.7 Å². The van der Waals surface area contributed by atoms with Gasteiger partial charge in [0.2, 0.25) is 0 Å². The molecule has 0 heterocycles. The lowest BCUT2D eigenvalue weighted by Gasteiger charge is -2.14. The topological polar surface area (TPSA) is 72.5 Å². The zero-order chi connectivity index (χ0) is 12.3. The SMILES string of the molecule is COc1cc(C)c(C[C@@H](N)C(=O)O)c(C)c1.Cl. The minimum absolute atomic E-state index is 0. The fourth-order valence-corrected chi connectivity index (χ4v) is 1.70. The van der Waals surface area contributed by atoms with Crippen molar-refractivity contribution in [1.29, 1.82) is 0 Å². The molecular weight excluding hydrogens is 242 g/mol. The van der Waals surface area contributed by atoms with Crippen molar-refractivity contribution in [2.45, 2.75) is 26.3 Å². The summed E-state index contributed by atoms with van der Waals surface area (Å²) < 4.78 is 5.14. The van der Waals surface area contributed by atoms with Crippen LogP contribution in [0.5, 0.6) is 5.75 Å². The summed E-state index contributed by atoms with van der Waals surface area (Å²) in [4.78, 5) is 10.7. The second-order valence-electron chi connectivity index (χ2n) is 3.89. The number of halogens is 1. The number of nitrogens with two attached hydrogens (primary N) is 1. The first kappa shape index (κ1) is 15.7. The molecule has 0 saturated carbocycles. The molecule has 1 aromatic carbocycles. The molecule has 1 aromatic rings. The summed E-state index contributed by atoms with van der Waals surface area (Å²) in [6.07, 6.45) is 0.344. The standard InChI is InChI=1S/C12H17NO3.ClH/c1-7-4-9(16-3)5-8(2)10(7)6-11(13)12(14)15;/h4-5,11H,6,13H2,1-3H3,(H,14,15);1H/t11-;/m1./s1. The van der Waals surface area contributed by atoms with E-state index in [4.69, 9.17) is 15.6 Å². The van der Waals surface area contributed by atoms with E-state index in [2.05, 4.69) is 0 Å². The van der Waals surface area contributed by atoms with Crippen molar-refractivity contribution in [2.75, 3.05) is 7.11 Å². The van der Waals surface area contributed by atoms with Crippen molar-refractivity contribution < 1.29 is 14.6 Å². The molecule has 1 rings (SSSR count). The van der Waals surface area contributed by atoms with E-state index >= 15 is 0 Å². The maximum Gasteiger partial charge on any atom is 0.320 e. The molecular formula is C12H18ClNO3. The Kier molecular flexibility index (Phi) is 5.99. The number of hydrogen-bond acceptors (Lipinski definition) is 3. The predicted octanol–water partition coefficient (Wildman–Crippen LogP) is 1.69. The van der Waals surface area contributed by atoms with Crippen molar-refractivity contribution >= 4 is 18.4 Å². The van der Waals surface area contributed by atoms with E-state index in [1.54, 1.807) is 7.11 Å². The van der Waals surface area contributed by atoms with E-state index in [1.807, 2.05) is 26.0 Å². The van der Waals surface area contributed by atoms with E-state index in [0.717, 1.165) is 22.4 Å². The molecule has 17 heavy (non-hydrogen) atoms. The first-order valence-corrected chi connectivity index (χ1v) is 5.08. The van der Waals surface area contributed by atoms with Gasteiger partial charge in [0.25, 0.3) is 0 Å². The molecule has 5 heteroatoms. The monoisotopic (exact) mass is 259 g/mol. The fraction of sp³-hybridized carbons (Fsp3) is 0.417. The largest absolute Gasteiger partial charge is 0.497 e. The lowest BCUT2D eigenvalue weighted by Crippen LogP contribution is -2.32. The van der Waals surface area contributed by atoms with E-state index in [1.165, 1.54) is 0 Å². The van der Waals surface area contributed by atoms with Crippen LogP contribution >= 0.6 is 12.4 Å². The Balaban J connectivity index is 0.00000256. The van der Waals surface area contributed by atoms with Crippen LogP contribution in [0.4, 0.5) is 0 Å². The summed E-state index contributed by atoms with van der Waals surface area (Å²) in [6, 6.07) is 2.92. The average Bonchev–Trinajstić information content (AvgIpc) is 2.22. The van der Waals surface area contributed by atoms with Crippen molar-refractivity contribution in [3.05, 3.63) is 28.8 Å². The van der Waals surface area contributed by atoms with Crippen LogP contribution in [0.2, 0.25) is 0 Å². The Morgan fingerprint density at radius 3 is 2.24 bits per heavy atom. The number of benzene rings is 1. The summed E-state index contributed by atoms with van der Waals surface area (Å²) in [5.41, 5.74) is 8.52. The Morgan fingerprint density at radius 2 is 1.88 bits per heavy atom. The fourth-order valence-electron chi connectivity index (χ4n) is 1.70. The molecule has 0 aromatic heterocycles. The van der Waals surface area contributed by atoms with Gasteiger partial charge in [-0.2, -0.15) is 0 Å². The number of carboxylic acids is 1.